The maximum Gasteiger partial charge on any atom is 0.320 e. The molecule has 0 saturated carbocycles. The van der Waals surface area contributed by atoms with E-state index in [4.69, 9.17) is 5.11 Å². The minimum absolute atomic E-state index is 0.321. The number of carboxylic acid groups (broad SMARTS) is 1. The van der Waals surface area contributed by atoms with Crippen LogP contribution in [0.3, 0.4) is 0 Å². The van der Waals surface area contributed by atoms with Crippen LogP contribution in [-0.2, 0) is 4.79 Å². The summed E-state index contributed by atoms with van der Waals surface area (Å²) in [5.74, 6) is -0.169. The van der Waals surface area contributed by atoms with Gasteiger partial charge in [0.2, 0.25) is 0 Å². The van der Waals surface area contributed by atoms with Crippen molar-refractivity contribution in [2.45, 2.75) is 45.2 Å². The van der Waals surface area contributed by atoms with Crippen LogP contribution in [0.2, 0.25) is 0 Å². The van der Waals surface area contributed by atoms with Gasteiger partial charge in [0.1, 0.15) is 6.04 Å². The van der Waals surface area contributed by atoms with Gasteiger partial charge >= 0.3 is 5.97 Å². The Balaban J connectivity index is 2.51. The summed E-state index contributed by atoms with van der Waals surface area (Å²) in [5, 5.41) is 11.9. The molecule has 0 aromatic heterocycles. The summed E-state index contributed by atoms with van der Waals surface area (Å²) >= 11 is 0. The van der Waals surface area contributed by atoms with Crippen molar-refractivity contribution in [3.8, 4) is 0 Å². The lowest BCUT2D eigenvalue weighted by Gasteiger charge is -2.32. The quantitative estimate of drug-likeness (QED) is 0.657. The first-order valence-corrected chi connectivity index (χ1v) is 4.62. The van der Waals surface area contributed by atoms with Crippen molar-refractivity contribution < 1.29 is 9.90 Å². The minimum Gasteiger partial charge on any atom is -0.480 e. The number of carboxylic acids is 1. The lowest BCUT2D eigenvalue weighted by Crippen LogP contribution is -2.48. The second kappa shape index (κ2) is 3.90. The van der Waals surface area contributed by atoms with Crippen LogP contribution in [-0.4, -0.2) is 23.2 Å². The maximum atomic E-state index is 10.7. The zero-order valence-corrected chi connectivity index (χ0v) is 7.71. The summed E-state index contributed by atoms with van der Waals surface area (Å²) in [5.41, 5.74) is 0. The molecule has 1 rings (SSSR count). The van der Waals surface area contributed by atoms with Crippen LogP contribution in [0.25, 0.3) is 0 Å². The van der Waals surface area contributed by atoms with E-state index in [1.807, 2.05) is 0 Å². The summed E-state index contributed by atoms with van der Waals surface area (Å²) in [6.07, 6.45) is 2.90. The average Bonchev–Trinajstić information content (AvgIpc) is 2.03. The Labute approximate surface area is 73.2 Å². The molecular formula is C9H17NO2. The highest BCUT2D eigenvalue weighted by Crippen LogP contribution is 2.21. The normalized spacial score (nSPS) is 36.3. The van der Waals surface area contributed by atoms with Crippen LogP contribution in [0.4, 0.5) is 0 Å². The smallest absolute Gasteiger partial charge is 0.320 e. The molecule has 1 fully saturated rings. The lowest BCUT2D eigenvalue weighted by molar-refractivity contribution is -0.140. The van der Waals surface area contributed by atoms with E-state index in [2.05, 4.69) is 19.2 Å². The fraction of sp³-hybridized carbons (Fsp3) is 0.889. The standard InChI is InChI=1S/C9H17NO2/c1-3-7-4-6(2)5-8(10-7)9(11)12/h6-8,10H,3-5H2,1-2H3,(H,11,12)/t6-,7+,8-/m0/s1. The molecule has 2 N–H and O–H groups in total. The number of aliphatic carboxylic acids is 1. The molecule has 0 aromatic rings. The molecule has 0 aliphatic carbocycles. The topological polar surface area (TPSA) is 49.3 Å². The van der Waals surface area contributed by atoms with Crippen LogP contribution >= 0.6 is 0 Å². The first kappa shape index (κ1) is 9.52. The van der Waals surface area contributed by atoms with E-state index < -0.39 is 5.97 Å². The van der Waals surface area contributed by atoms with Crippen LogP contribution in [0, 0.1) is 5.92 Å². The third kappa shape index (κ3) is 2.21. The van der Waals surface area contributed by atoms with E-state index in [-0.39, 0.29) is 6.04 Å². The zero-order chi connectivity index (χ0) is 9.14. The van der Waals surface area contributed by atoms with Gasteiger partial charge in [-0.2, -0.15) is 0 Å². The Morgan fingerprint density at radius 1 is 1.58 bits per heavy atom. The van der Waals surface area contributed by atoms with E-state index in [1.54, 1.807) is 0 Å². The molecule has 3 atom stereocenters. The minimum atomic E-state index is -0.708. The first-order valence-electron chi connectivity index (χ1n) is 4.62. The molecule has 0 spiro atoms. The fourth-order valence-corrected chi connectivity index (χ4v) is 1.86. The highest BCUT2D eigenvalue weighted by molar-refractivity contribution is 5.73. The molecular weight excluding hydrogens is 154 g/mol. The molecule has 1 saturated heterocycles. The van der Waals surface area contributed by atoms with Crippen molar-refractivity contribution in [3.63, 3.8) is 0 Å². The van der Waals surface area contributed by atoms with Crippen molar-refractivity contribution in [3.05, 3.63) is 0 Å². The van der Waals surface area contributed by atoms with E-state index in [9.17, 15) is 4.79 Å². The van der Waals surface area contributed by atoms with Gasteiger partial charge in [-0.15, -0.1) is 0 Å². The molecule has 0 unspecified atom stereocenters. The van der Waals surface area contributed by atoms with Crippen molar-refractivity contribution >= 4 is 5.97 Å². The highest BCUT2D eigenvalue weighted by Gasteiger charge is 2.28. The Hall–Kier alpha value is -0.570. The molecule has 1 aliphatic rings. The third-order valence-electron chi connectivity index (χ3n) is 2.55. The van der Waals surface area contributed by atoms with Gasteiger partial charge in [0.15, 0.2) is 0 Å². The molecule has 0 amide bonds. The molecule has 1 heterocycles. The lowest BCUT2D eigenvalue weighted by atomic mass is 9.88. The van der Waals surface area contributed by atoms with Gasteiger partial charge in [-0.05, 0) is 25.2 Å². The second-order valence-corrected chi connectivity index (χ2v) is 3.74. The molecule has 3 nitrogen and oxygen atoms in total. The third-order valence-corrected chi connectivity index (χ3v) is 2.55. The predicted molar refractivity (Wildman–Crippen MR) is 47.0 cm³/mol. The van der Waals surface area contributed by atoms with E-state index in [1.165, 1.54) is 0 Å². The van der Waals surface area contributed by atoms with Gasteiger partial charge in [-0.25, -0.2) is 0 Å². The van der Waals surface area contributed by atoms with Gasteiger partial charge in [0, 0.05) is 6.04 Å². The van der Waals surface area contributed by atoms with Crippen LogP contribution in [0.15, 0.2) is 0 Å². The predicted octanol–water partition coefficient (Wildman–Crippen LogP) is 1.24. The molecule has 0 aromatic carbocycles. The number of hydrogen-bond donors (Lipinski definition) is 2. The molecule has 70 valence electrons. The van der Waals surface area contributed by atoms with E-state index in [0.717, 1.165) is 19.3 Å². The van der Waals surface area contributed by atoms with Crippen LogP contribution in [0.1, 0.15) is 33.1 Å². The van der Waals surface area contributed by atoms with E-state index >= 15 is 0 Å². The van der Waals surface area contributed by atoms with E-state index in [0.29, 0.717) is 12.0 Å². The number of carbonyl (C=O) groups is 1. The fourth-order valence-electron chi connectivity index (χ4n) is 1.86. The van der Waals surface area contributed by atoms with Crippen molar-refractivity contribution in [1.29, 1.82) is 0 Å². The Bertz CT molecular complexity index is 170. The second-order valence-electron chi connectivity index (χ2n) is 3.74. The van der Waals surface area contributed by atoms with Gasteiger partial charge in [-0.3, -0.25) is 4.79 Å². The van der Waals surface area contributed by atoms with Crippen molar-refractivity contribution in [2.75, 3.05) is 0 Å². The zero-order valence-electron chi connectivity index (χ0n) is 7.71. The van der Waals surface area contributed by atoms with Crippen molar-refractivity contribution in [1.82, 2.24) is 5.32 Å². The number of piperidine rings is 1. The summed E-state index contributed by atoms with van der Waals surface area (Å²) in [4.78, 5) is 10.7. The summed E-state index contributed by atoms with van der Waals surface area (Å²) in [6.45, 7) is 4.22. The number of rotatable bonds is 2. The monoisotopic (exact) mass is 171 g/mol. The number of nitrogens with one attached hydrogen (secondary N) is 1. The van der Waals surface area contributed by atoms with Gasteiger partial charge in [-0.1, -0.05) is 13.8 Å². The molecule has 12 heavy (non-hydrogen) atoms. The average molecular weight is 171 g/mol. The highest BCUT2D eigenvalue weighted by atomic mass is 16.4. The SMILES string of the molecule is CC[C@@H]1C[C@H](C)C[C@@H](C(=O)O)N1. The number of hydrogen-bond acceptors (Lipinski definition) is 2. The van der Waals surface area contributed by atoms with Gasteiger partial charge in [0.25, 0.3) is 0 Å². The first-order chi connectivity index (χ1) is 5.63. The van der Waals surface area contributed by atoms with Gasteiger partial charge < -0.3 is 10.4 Å². The van der Waals surface area contributed by atoms with Crippen LogP contribution < -0.4 is 5.32 Å². The van der Waals surface area contributed by atoms with Crippen LogP contribution in [0.5, 0.6) is 0 Å². The Kier molecular flexibility index (Phi) is 3.09. The van der Waals surface area contributed by atoms with Gasteiger partial charge in [0.05, 0.1) is 0 Å². The Morgan fingerprint density at radius 2 is 2.25 bits per heavy atom. The van der Waals surface area contributed by atoms with Crippen molar-refractivity contribution in [2.24, 2.45) is 5.92 Å². The Morgan fingerprint density at radius 3 is 2.75 bits per heavy atom. The largest absolute Gasteiger partial charge is 0.480 e. The molecule has 3 heteroatoms. The molecule has 1 aliphatic heterocycles. The molecule has 0 radical (unpaired) electrons. The maximum absolute atomic E-state index is 10.7. The molecule has 0 bridgehead atoms. The summed E-state index contributed by atoms with van der Waals surface area (Å²) < 4.78 is 0. The summed E-state index contributed by atoms with van der Waals surface area (Å²) in [7, 11) is 0. The summed E-state index contributed by atoms with van der Waals surface area (Å²) in [6, 6.07) is 0.0774.